The molecule has 3 nitrogen and oxygen atoms in total. The van der Waals surface area contributed by atoms with Crippen LogP contribution in [0.1, 0.15) is 17.4 Å². The fourth-order valence-corrected chi connectivity index (χ4v) is 2.09. The summed E-state index contributed by atoms with van der Waals surface area (Å²) in [5.74, 6) is -0.00245. The Bertz CT molecular complexity index is 413. The van der Waals surface area contributed by atoms with Crippen molar-refractivity contribution in [1.29, 1.82) is 0 Å². The van der Waals surface area contributed by atoms with E-state index in [-0.39, 0.29) is 5.91 Å². The van der Waals surface area contributed by atoms with Crippen LogP contribution in [0.25, 0.3) is 0 Å². The van der Waals surface area contributed by atoms with Crippen molar-refractivity contribution in [3.63, 3.8) is 0 Å². The minimum Gasteiger partial charge on any atom is -0.343 e. The molecule has 92 valence electrons. The lowest BCUT2D eigenvalue weighted by atomic mass is 10.3. The van der Waals surface area contributed by atoms with Gasteiger partial charge in [0.1, 0.15) is 5.69 Å². The lowest BCUT2D eigenvalue weighted by Gasteiger charge is -2.19. The van der Waals surface area contributed by atoms with Gasteiger partial charge in [0, 0.05) is 30.3 Å². The molecule has 0 aliphatic heterocycles. The molecule has 0 fully saturated rings. The molecule has 0 aromatic carbocycles. The number of hydrogen-bond donors (Lipinski definition) is 0. The van der Waals surface area contributed by atoms with Crippen LogP contribution in [0.5, 0.6) is 0 Å². The second-order valence-electron chi connectivity index (χ2n) is 3.62. The smallest absolute Gasteiger partial charge is 0.271 e. The van der Waals surface area contributed by atoms with E-state index in [0.717, 1.165) is 11.0 Å². The van der Waals surface area contributed by atoms with E-state index in [1.807, 2.05) is 23.8 Å². The number of carbonyl (C=O) groups excluding carboxylic acids is 1. The van der Waals surface area contributed by atoms with E-state index in [2.05, 4.69) is 29.1 Å². The minimum absolute atomic E-state index is 0.00245. The molecule has 0 saturated heterocycles. The zero-order valence-corrected chi connectivity index (χ0v) is 11.6. The van der Waals surface area contributed by atoms with Crippen molar-refractivity contribution >= 4 is 21.8 Å². The first-order chi connectivity index (χ1) is 8.13. The van der Waals surface area contributed by atoms with Gasteiger partial charge in [0.25, 0.3) is 5.91 Å². The number of hydrogen-bond acceptors (Lipinski definition) is 1. The Labute approximate surface area is 111 Å². The summed E-state index contributed by atoms with van der Waals surface area (Å²) in [6.07, 6.45) is 5.35. The molecule has 0 atom stereocenters. The summed E-state index contributed by atoms with van der Waals surface area (Å²) in [5, 5.41) is 0. The molecule has 1 amide bonds. The van der Waals surface area contributed by atoms with Crippen LogP contribution >= 0.6 is 15.9 Å². The topological polar surface area (TPSA) is 25.2 Å². The zero-order chi connectivity index (χ0) is 12.8. The number of nitrogens with zero attached hydrogens (tertiary/aromatic N) is 2. The molecule has 0 spiro atoms. The van der Waals surface area contributed by atoms with Crippen molar-refractivity contribution in [2.75, 3.05) is 13.1 Å². The monoisotopic (exact) mass is 296 g/mol. The summed E-state index contributed by atoms with van der Waals surface area (Å²) in [7, 11) is 0. The molecule has 4 heteroatoms. The molecule has 0 aliphatic rings. The standard InChI is InChI=1S/C13H17BrN2O/c1-4-7-16(8-5-2)13(17)12-9-11(14)10-15(12)6-3/h4-5,9-10H,1-2,6-8H2,3H3. The van der Waals surface area contributed by atoms with E-state index < -0.39 is 0 Å². The van der Waals surface area contributed by atoms with Gasteiger partial charge in [0.15, 0.2) is 0 Å². The minimum atomic E-state index is -0.00245. The number of aryl methyl sites for hydroxylation is 1. The molecule has 0 radical (unpaired) electrons. The quantitative estimate of drug-likeness (QED) is 0.741. The molecular weight excluding hydrogens is 280 g/mol. The SMILES string of the molecule is C=CCN(CC=C)C(=O)c1cc(Br)cn1CC. The first kappa shape index (κ1) is 13.8. The lowest BCUT2D eigenvalue weighted by molar-refractivity contribution is 0.0780. The molecule has 0 N–H and O–H groups in total. The van der Waals surface area contributed by atoms with Crippen molar-refractivity contribution in [3.05, 3.63) is 47.7 Å². The van der Waals surface area contributed by atoms with Gasteiger partial charge < -0.3 is 9.47 Å². The predicted octanol–water partition coefficient (Wildman–Crippen LogP) is 3.08. The lowest BCUT2D eigenvalue weighted by Crippen LogP contribution is -2.32. The Hall–Kier alpha value is -1.29. The second-order valence-corrected chi connectivity index (χ2v) is 4.53. The van der Waals surface area contributed by atoms with Crippen LogP contribution in [0, 0.1) is 0 Å². The average Bonchev–Trinajstić information content (AvgIpc) is 2.69. The van der Waals surface area contributed by atoms with Gasteiger partial charge in [-0.2, -0.15) is 0 Å². The van der Waals surface area contributed by atoms with Crippen LogP contribution in [0.2, 0.25) is 0 Å². The molecule has 17 heavy (non-hydrogen) atoms. The van der Waals surface area contributed by atoms with E-state index in [1.54, 1.807) is 17.1 Å². The van der Waals surface area contributed by atoms with E-state index in [1.165, 1.54) is 0 Å². The second kappa shape index (κ2) is 6.45. The van der Waals surface area contributed by atoms with Gasteiger partial charge in [-0.3, -0.25) is 4.79 Å². The highest BCUT2D eigenvalue weighted by atomic mass is 79.9. The molecular formula is C13H17BrN2O. The van der Waals surface area contributed by atoms with Crippen LogP contribution in [0.4, 0.5) is 0 Å². The normalized spacial score (nSPS) is 10.0. The van der Waals surface area contributed by atoms with E-state index in [9.17, 15) is 4.79 Å². The van der Waals surface area contributed by atoms with Gasteiger partial charge in [-0.15, -0.1) is 13.2 Å². The highest BCUT2D eigenvalue weighted by Gasteiger charge is 2.17. The number of aromatic nitrogens is 1. The molecule has 1 aromatic heterocycles. The average molecular weight is 297 g/mol. The van der Waals surface area contributed by atoms with Crippen LogP contribution in [0.15, 0.2) is 42.0 Å². The number of rotatable bonds is 6. The van der Waals surface area contributed by atoms with Gasteiger partial charge >= 0.3 is 0 Å². The molecule has 0 aliphatic carbocycles. The van der Waals surface area contributed by atoms with Gasteiger partial charge in [-0.25, -0.2) is 0 Å². The largest absolute Gasteiger partial charge is 0.343 e. The fraction of sp³-hybridized carbons (Fsp3) is 0.308. The van der Waals surface area contributed by atoms with Crippen molar-refractivity contribution in [1.82, 2.24) is 9.47 Å². The maximum atomic E-state index is 12.3. The van der Waals surface area contributed by atoms with Crippen LogP contribution in [-0.2, 0) is 6.54 Å². The maximum absolute atomic E-state index is 12.3. The summed E-state index contributed by atoms with van der Waals surface area (Å²) in [6.45, 7) is 11.2. The Kier molecular flexibility index (Phi) is 5.22. The molecule has 0 bridgehead atoms. The van der Waals surface area contributed by atoms with Crippen molar-refractivity contribution in [2.24, 2.45) is 0 Å². The number of amides is 1. The first-order valence-electron chi connectivity index (χ1n) is 5.50. The maximum Gasteiger partial charge on any atom is 0.271 e. The number of carbonyl (C=O) groups is 1. The van der Waals surface area contributed by atoms with E-state index in [0.29, 0.717) is 18.8 Å². The van der Waals surface area contributed by atoms with Gasteiger partial charge in [-0.05, 0) is 28.9 Å². The Balaban J connectivity index is 2.98. The zero-order valence-electron chi connectivity index (χ0n) is 10.0. The third-order valence-electron chi connectivity index (χ3n) is 2.41. The summed E-state index contributed by atoms with van der Waals surface area (Å²) < 4.78 is 2.84. The Morgan fingerprint density at radius 1 is 1.47 bits per heavy atom. The summed E-state index contributed by atoms with van der Waals surface area (Å²) in [5.41, 5.74) is 0.683. The predicted molar refractivity (Wildman–Crippen MR) is 74.1 cm³/mol. The highest BCUT2D eigenvalue weighted by Crippen LogP contribution is 2.16. The van der Waals surface area contributed by atoms with E-state index in [4.69, 9.17) is 0 Å². The summed E-state index contributed by atoms with van der Waals surface area (Å²) in [6, 6.07) is 1.84. The first-order valence-corrected chi connectivity index (χ1v) is 6.30. The van der Waals surface area contributed by atoms with Crippen LogP contribution < -0.4 is 0 Å². The summed E-state index contributed by atoms with van der Waals surface area (Å²) >= 11 is 3.39. The Morgan fingerprint density at radius 2 is 2.06 bits per heavy atom. The number of halogens is 1. The molecule has 0 unspecified atom stereocenters. The summed E-state index contributed by atoms with van der Waals surface area (Å²) in [4.78, 5) is 14.0. The molecule has 1 aromatic rings. The molecule has 1 rings (SSSR count). The van der Waals surface area contributed by atoms with Crippen molar-refractivity contribution in [2.45, 2.75) is 13.5 Å². The van der Waals surface area contributed by atoms with Gasteiger partial charge in [-0.1, -0.05) is 12.2 Å². The molecule has 1 heterocycles. The van der Waals surface area contributed by atoms with Gasteiger partial charge in [0.05, 0.1) is 0 Å². The molecule has 0 saturated carbocycles. The van der Waals surface area contributed by atoms with Crippen LogP contribution in [0.3, 0.4) is 0 Å². The van der Waals surface area contributed by atoms with Crippen LogP contribution in [-0.4, -0.2) is 28.5 Å². The van der Waals surface area contributed by atoms with E-state index >= 15 is 0 Å². The highest BCUT2D eigenvalue weighted by molar-refractivity contribution is 9.10. The third kappa shape index (κ3) is 3.33. The van der Waals surface area contributed by atoms with Gasteiger partial charge in [0.2, 0.25) is 0 Å². The van der Waals surface area contributed by atoms with Crippen molar-refractivity contribution in [3.8, 4) is 0 Å². The fourth-order valence-electron chi connectivity index (χ4n) is 1.63. The third-order valence-corrected chi connectivity index (χ3v) is 2.84. The van der Waals surface area contributed by atoms with Crippen molar-refractivity contribution < 1.29 is 4.79 Å². The Morgan fingerprint density at radius 3 is 2.53 bits per heavy atom.